The molecular formula is C14H18O6S. The van der Waals surface area contributed by atoms with E-state index in [4.69, 9.17) is 18.4 Å². The van der Waals surface area contributed by atoms with Gasteiger partial charge in [-0.25, -0.2) is 0 Å². The highest BCUT2D eigenvalue weighted by Gasteiger charge is 2.20. The van der Waals surface area contributed by atoms with Gasteiger partial charge in [0.25, 0.3) is 10.1 Å². The lowest BCUT2D eigenvalue weighted by molar-refractivity contribution is -0.136. The van der Waals surface area contributed by atoms with Crippen molar-refractivity contribution >= 4 is 10.1 Å². The largest absolute Gasteiger partial charge is 0.497 e. The van der Waals surface area contributed by atoms with E-state index in [1.807, 2.05) is 24.3 Å². The van der Waals surface area contributed by atoms with Gasteiger partial charge in [0.1, 0.15) is 11.9 Å². The second-order valence-corrected chi connectivity index (χ2v) is 6.19. The van der Waals surface area contributed by atoms with Crippen LogP contribution in [0.3, 0.4) is 0 Å². The van der Waals surface area contributed by atoms with Crippen LogP contribution in [0.4, 0.5) is 0 Å². The zero-order chi connectivity index (χ0) is 15.3. The summed E-state index contributed by atoms with van der Waals surface area (Å²) in [7, 11) is -1.87. The minimum Gasteiger partial charge on any atom is -0.497 e. The summed E-state index contributed by atoms with van der Waals surface area (Å²) in [6.07, 6.45) is 3.17. The first-order valence-corrected chi connectivity index (χ1v) is 8.20. The topological polar surface area (TPSA) is 71.1 Å². The maximum Gasteiger partial charge on any atom is 0.265 e. The summed E-state index contributed by atoms with van der Waals surface area (Å²) in [5.74, 6) is 0.785. The number of methoxy groups -OCH3 is 1. The summed E-state index contributed by atoms with van der Waals surface area (Å²) >= 11 is 0. The molecule has 0 aliphatic carbocycles. The molecule has 0 saturated heterocycles. The lowest BCUT2D eigenvalue weighted by atomic mass is 10.2. The number of hydrogen-bond donors (Lipinski definition) is 0. The molecule has 1 aliphatic heterocycles. The molecule has 21 heavy (non-hydrogen) atoms. The van der Waals surface area contributed by atoms with Crippen LogP contribution in [0.15, 0.2) is 36.4 Å². The molecule has 1 heterocycles. The minimum absolute atomic E-state index is 0.136. The highest BCUT2D eigenvalue weighted by Crippen LogP contribution is 2.15. The van der Waals surface area contributed by atoms with Crippen molar-refractivity contribution in [2.45, 2.75) is 19.0 Å². The monoisotopic (exact) mass is 314 g/mol. The van der Waals surface area contributed by atoms with E-state index in [1.165, 1.54) is 0 Å². The maximum atomic E-state index is 11.0. The van der Waals surface area contributed by atoms with Crippen LogP contribution in [0.2, 0.25) is 0 Å². The van der Waals surface area contributed by atoms with Crippen LogP contribution >= 0.6 is 0 Å². The second-order valence-electron chi connectivity index (χ2n) is 4.58. The lowest BCUT2D eigenvalue weighted by Crippen LogP contribution is -2.29. The van der Waals surface area contributed by atoms with Gasteiger partial charge in [-0.2, -0.15) is 8.42 Å². The summed E-state index contributed by atoms with van der Waals surface area (Å²) in [5.41, 5.74) is 0.988. The van der Waals surface area contributed by atoms with Crippen LogP contribution in [-0.4, -0.2) is 40.8 Å². The fourth-order valence-corrected chi connectivity index (χ4v) is 2.37. The molecule has 0 unspecified atom stereocenters. The second kappa shape index (κ2) is 7.04. The van der Waals surface area contributed by atoms with Crippen molar-refractivity contribution in [3.8, 4) is 5.75 Å². The highest BCUT2D eigenvalue weighted by molar-refractivity contribution is 7.86. The molecule has 0 saturated carbocycles. The summed E-state index contributed by atoms with van der Waals surface area (Å²) in [6.45, 7) is 0.521. The SMILES string of the molecule is COc1ccc(CO[C@@H]2C=C[C@@H](OS(C)(=O)=O)CO2)cc1. The van der Waals surface area contributed by atoms with Gasteiger partial charge in [0.2, 0.25) is 0 Å². The number of benzene rings is 1. The van der Waals surface area contributed by atoms with Gasteiger partial charge >= 0.3 is 0 Å². The molecule has 1 aromatic rings. The Kier molecular flexibility index (Phi) is 5.35. The van der Waals surface area contributed by atoms with Crippen LogP contribution in [0.5, 0.6) is 5.75 Å². The van der Waals surface area contributed by atoms with Crippen molar-refractivity contribution in [1.29, 1.82) is 0 Å². The van der Waals surface area contributed by atoms with Crippen molar-refractivity contribution in [2.75, 3.05) is 20.0 Å². The predicted octanol–water partition coefficient (Wildman–Crippen LogP) is 1.47. The Morgan fingerprint density at radius 3 is 2.48 bits per heavy atom. The maximum absolute atomic E-state index is 11.0. The van der Waals surface area contributed by atoms with Gasteiger partial charge in [0, 0.05) is 0 Å². The van der Waals surface area contributed by atoms with E-state index in [-0.39, 0.29) is 6.61 Å². The Morgan fingerprint density at radius 1 is 1.24 bits per heavy atom. The van der Waals surface area contributed by atoms with Gasteiger partial charge in [-0.1, -0.05) is 18.2 Å². The normalized spacial score (nSPS) is 22.2. The van der Waals surface area contributed by atoms with Crippen molar-refractivity contribution < 1.29 is 26.8 Å². The fourth-order valence-electron chi connectivity index (χ4n) is 1.80. The third-order valence-electron chi connectivity index (χ3n) is 2.78. The van der Waals surface area contributed by atoms with E-state index in [0.29, 0.717) is 6.61 Å². The van der Waals surface area contributed by atoms with Gasteiger partial charge in [-0.15, -0.1) is 0 Å². The van der Waals surface area contributed by atoms with Crippen LogP contribution < -0.4 is 4.74 Å². The average Bonchev–Trinajstić information content (AvgIpc) is 2.45. The summed E-state index contributed by atoms with van der Waals surface area (Å²) in [4.78, 5) is 0. The zero-order valence-electron chi connectivity index (χ0n) is 11.9. The van der Waals surface area contributed by atoms with Crippen LogP contribution in [-0.2, 0) is 30.4 Å². The molecule has 7 heteroatoms. The van der Waals surface area contributed by atoms with Crippen molar-refractivity contribution in [2.24, 2.45) is 0 Å². The van der Waals surface area contributed by atoms with Gasteiger partial charge in [-0.05, 0) is 23.8 Å². The molecule has 1 aliphatic rings. The van der Waals surface area contributed by atoms with Crippen molar-refractivity contribution in [1.82, 2.24) is 0 Å². The van der Waals surface area contributed by atoms with Gasteiger partial charge in [0.15, 0.2) is 6.29 Å². The van der Waals surface area contributed by atoms with Crippen LogP contribution in [0.25, 0.3) is 0 Å². The van der Waals surface area contributed by atoms with Crippen molar-refractivity contribution in [3.05, 3.63) is 42.0 Å². The summed E-state index contributed by atoms with van der Waals surface area (Å²) in [5, 5.41) is 0. The van der Waals surface area contributed by atoms with E-state index in [9.17, 15) is 8.42 Å². The quantitative estimate of drug-likeness (QED) is 0.585. The molecule has 1 aromatic carbocycles. The third-order valence-corrected chi connectivity index (χ3v) is 3.38. The number of rotatable bonds is 6. The Morgan fingerprint density at radius 2 is 1.95 bits per heavy atom. The van der Waals surface area contributed by atoms with Gasteiger partial charge in [-0.3, -0.25) is 4.18 Å². The molecule has 0 radical (unpaired) electrons. The van der Waals surface area contributed by atoms with Crippen LogP contribution in [0.1, 0.15) is 5.56 Å². The average molecular weight is 314 g/mol. The minimum atomic E-state index is -3.49. The van der Waals surface area contributed by atoms with E-state index in [0.717, 1.165) is 17.6 Å². The molecule has 0 spiro atoms. The molecule has 0 amide bonds. The first kappa shape index (κ1) is 16.0. The standard InChI is InChI=1S/C14H18O6S/c1-17-12-5-3-11(4-6-12)9-18-14-8-7-13(10-19-14)20-21(2,15)16/h3-8,13-14H,9-10H2,1-2H3/t13-,14+/m1/s1. The molecule has 2 rings (SSSR count). The van der Waals surface area contributed by atoms with E-state index in [1.54, 1.807) is 19.3 Å². The Hall–Kier alpha value is -1.41. The highest BCUT2D eigenvalue weighted by atomic mass is 32.2. The van der Waals surface area contributed by atoms with Gasteiger partial charge in [0.05, 0.1) is 26.6 Å². The van der Waals surface area contributed by atoms with E-state index in [2.05, 4.69) is 0 Å². The first-order chi connectivity index (χ1) is 9.96. The number of hydrogen-bond acceptors (Lipinski definition) is 6. The Balaban J connectivity index is 1.81. The predicted molar refractivity (Wildman–Crippen MR) is 76.4 cm³/mol. The molecule has 0 aromatic heterocycles. The third kappa shape index (κ3) is 5.47. The summed E-state index contributed by atoms with van der Waals surface area (Å²) < 4.78 is 42.8. The molecule has 0 fully saturated rings. The van der Waals surface area contributed by atoms with Crippen molar-refractivity contribution in [3.63, 3.8) is 0 Å². The summed E-state index contributed by atoms with van der Waals surface area (Å²) in [6, 6.07) is 7.51. The molecule has 6 nitrogen and oxygen atoms in total. The van der Waals surface area contributed by atoms with E-state index < -0.39 is 22.5 Å². The van der Waals surface area contributed by atoms with E-state index >= 15 is 0 Å². The Labute approximate surface area is 124 Å². The first-order valence-electron chi connectivity index (χ1n) is 6.39. The molecule has 0 bridgehead atoms. The number of ether oxygens (including phenoxy) is 3. The van der Waals surface area contributed by atoms with Gasteiger partial charge < -0.3 is 14.2 Å². The smallest absolute Gasteiger partial charge is 0.265 e. The lowest BCUT2D eigenvalue weighted by Gasteiger charge is -2.23. The molecule has 116 valence electrons. The molecule has 0 N–H and O–H groups in total. The zero-order valence-corrected chi connectivity index (χ0v) is 12.7. The fraction of sp³-hybridized carbons (Fsp3) is 0.429. The molecular weight excluding hydrogens is 296 g/mol. The molecule has 2 atom stereocenters. The Bertz CT molecular complexity index is 578. The van der Waals surface area contributed by atoms with Crippen LogP contribution in [0, 0.1) is 0 Å².